The number of amides is 1. The summed E-state index contributed by atoms with van der Waals surface area (Å²) < 4.78 is 11.5. The van der Waals surface area contributed by atoms with Crippen molar-refractivity contribution in [1.29, 1.82) is 0 Å². The fraction of sp³-hybridized carbons (Fsp3) is 0.318. The van der Waals surface area contributed by atoms with Crippen LogP contribution in [0.4, 0.5) is 0 Å². The van der Waals surface area contributed by atoms with Crippen LogP contribution in [0.5, 0.6) is 11.5 Å². The number of piperazine rings is 1. The number of carbonyl (C=O) groups is 1. The van der Waals surface area contributed by atoms with Gasteiger partial charge in [-0.25, -0.2) is 0 Å². The summed E-state index contributed by atoms with van der Waals surface area (Å²) in [6, 6.07) is 17.8. The molecular weight excluding hydrogens is 340 g/mol. The van der Waals surface area contributed by atoms with Crippen molar-refractivity contribution in [2.45, 2.75) is 6.10 Å². The number of fused-ring (bicyclic) bond motifs is 1. The zero-order chi connectivity index (χ0) is 18.5. The second kappa shape index (κ2) is 8.27. The van der Waals surface area contributed by atoms with E-state index in [0.29, 0.717) is 11.5 Å². The van der Waals surface area contributed by atoms with E-state index in [0.717, 1.165) is 32.7 Å². The topological polar surface area (TPSA) is 43.2 Å². The van der Waals surface area contributed by atoms with Crippen molar-refractivity contribution in [2.24, 2.45) is 0 Å². The Morgan fingerprint density at radius 3 is 2.52 bits per heavy atom. The van der Waals surface area contributed by atoms with Crippen molar-refractivity contribution >= 4 is 12.0 Å². The van der Waals surface area contributed by atoms with Crippen LogP contribution in [0.1, 0.15) is 5.56 Å². The fourth-order valence-corrected chi connectivity index (χ4v) is 3.52. The molecule has 1 saturated heterocycles. The summed E-state index contributed by atoms with van der Waals surface area (Å²) in [7, 11) is 0. The highest BCUT2D eigenvalue weighted by Gasteiger charge is 2.33. The minimum atomic E-state index is -0.542. The number of para-hydroxylation sites is 2. The lowest BCUT2D eigenvalue weighted by atomic mass is 10.2. The molecule has 2 aliphatic heterocycles. The maximum atomic E-state index is 12.8. The molecule has 2 aromatic carbocycles. The van der Waals surface area contributed by atoms with Crippen molar-refractivity contribution in [3.8, 4) is 11.5 Å². The van der Waals surface area contributed by atoms with Crippen molar-refractivity contribution in [3.63, 3.8) is 0 Å². The van der Waals surface area contributed by atoms with E-state index in [-0.39, 0.29) is 12.5 Å². The van der Waals surface area contributed by atoms with E-state index in [9.17, 15) is 4.79 Å². The first-order chi connectivity index (χ1) is 13.3. The van der Waals surface area contributed by atoms with Gasteiger partial charge in [0.1, 0.15) is 6.61 Å². The highest BCUT2D eigenvalue weighted by Crippen LogP contribution is 2.31. The second-order valence-corrected chi connectivity index (χ2v) is 6.96. The van der Waals surface area contributed by atoms with Gasteiger partial charge in [-0.2, -0.15) is 0 Å². The first-order valence-electron chi connectivity index (χ1n) is 9.52. The lowest BCUT2D eigenvalue weighted by molar-refractivity contribution is -0.898. The number of nitrogens with one attached hydrogen (secondary N) is 1. The molecule has 0 spiro atoms. The van der Waals surface area contributed by atoms with Crippen molar-refractivity contribution in [3.05, 3.63) is 66.2 Å². The molecule has 140 valence electrons. The van der Waals surface area contributed by atoms with Crippen molar-refractivity contribution < 1.29 is 19.2 Å². The summed E-state index contributed by atoms with van der Waals surface area (Å²) in [5.74, 6) is 1.39. The van der Waals surface area contributed by atoms with Gasteiger partial charge >= 0.3 is 0 Å². The monoisotopic (exact) mass is 365 g/mol. The number of ether oxygens (including phenoxy) is 2. The molecule has 0 bridgehead atoms. The molecule has 0 aliphatic carbocycles. The van der Waals surface area contributed by atoms with Crippen LogP contribution >= 0.6 is 0 Å². The number of carbonyl (C=O) groups excluding carboxylic acids is 1. The third kappa shape index (κ3) is 4.31. The van der Waals surface area contributed by atoms with Gasteiger partial charge in [0.15, 0.2) is 11.5 Å². The Kier molecular flexibility index (Phi) is 5.39. The Morgan fingerprint density at radius 1 is 1.04 bits per heavy atom. The van der Waals surface area contributed by atoms with Gasteiger partial charge in [-0.1, -0.05) is 48.5 Å². The van der Waals surface area contributed by atoms with Crippen LogP contribution in [-0.4, -0.2) is 56.2 Å². The van der Waals surface area contributed by atoms with E-state index in [2.05, 4.69) is 24.3 Å². The molecule has 5 heteroatoms. The van der Waals surface area contributed by atoms with Crippen LogP contribution in [0.15, 0.2) is 60.7 Å². The summed E-state index contributed by atoms with van der Waals surface area (Å²) >= 11 is 0. The Morgan fingerprint density at radius 2 is 1.74 bits per heavy atom. The van der Waals surface area contributed by atoms with E-state index < -0.39 is 6.10 Å². The van der Waals surface area contributed by atoms with Crippen LogP contribution in [-0.2, 0) is 4.79 Å². The van der Waals surface area contributed by atoms with Gasteiger partial charge in [-0.15, -0.1) is 0 Å². The molecule has 1 amide bonds. The normalized spacial score (nSPS) is 20.0. The predicted octanol–water partition coefficient (Wildman–Crippen LogP) is 1.27. The third-order valence-corrected chi connectivity index (χ3v) is 5.08. The Labute approximate surface area is 159 Å². The van der Waals surface area contributed by atoms with Crippen LogP contribution in [0, 0.1) is 0 Å². The molecule has 0 saturated carbocycles. The van der Waals surface area contributed by atoms with Gasteiger partial charge in [-0.3, -0.25) is 4.79 Å². The molecular formula is C22H25N2O3+. The molecule has 1 N–H and O–H groups in total. The molecule has 1 fully saturated rings. The minimum absolute atomic E-state index is 0.0309. The molecule has 2 aromatic rings. The summed E-state index contributed by atoms with van der Waals surface area (Å²) in [6.45, 7) is 4.68. The number of rotatable bonds is 4. The number of hydrogen-bond donors (Lipinski definition) is 1. The summed E-state index contributed by atoms with van der Waals surface area (Å²) in [5.41, 5.74) is 1.22. The molecule has 0 radical (unpaired) electrons. The Hall–Kier alpha value is -2.79. The standard InChI is InChI=1S/C22H24N2O3/c25-22(21-17-26-19-10-4-5-11-20(19)27-21)24-15-13-23(14-16-24)12-6-9-18-7-2-1-3-8-18/h1-11,21H,12-17H2/p+1/b9-6+/t21-/m1/s1. The van der Waals surface area contributed by atoms with Crippen LogP contribution in [0.2, 0.25) is 0 Å². The predicted molar refractivity (Wildman–Crippen MR) is 104 cm³/mol. The number of benzene rings is 2. The Bertz CT molecular complexity index is 798. The van der Waals surface area contributed by atoms with E-state index in [1.807, 2.05) is 47.4 Å². The highest BCUT2D eigenvalue weighted by molar-refractivity contribution is 5.82. The highest BCUT2D eigenvalue weighted by atomic mass is 16.6. The van der Waals surface area contributed by atoms with Gasteiger partial charge in [0.05, 0.1) is 32.7 Å². The lowest BCUT2D eigenvalue weighted by Gasteiger charge is -2.35. The molecule has 0 unspecified atom stereocenters. The first-order valence-corrected chi connectivity index (χ1v) is 9.52. The Balaban J connectivity index is 1.25. The molecule has 0 aromatic heterocycles. The van der Waals surface area contributed by atoms with Gasteiger partial charge < -0.3 is 19.3 Å². The quantitative estimate of drug-likeness (QED) is 0.887. The number of nitrogens with zero attached hydrogens (tertiary/aromatic N) is 1. The van der Waals surface area contributed by atoms with E-state index in [1.54, 1.807) is 0 Å². The average molecular weight is 365 g/mol. The van der Waals surface area contributed by atoms with E-state index in [4.69, 9.17) is 9.47 Å². The molecule has 2 aliphatic rings. The molecule has 5 nitrogen and oxygen atoms in total. The van der Waals surface area contributed by atoms with Gasteiger partial charge in [-0.05, 0) is 23.8 Å². The molecule has 1 atom stereocenters. The summed E-state index contributed by atoms with van der Waals surface area (Å²) in [4.78, 5) is 16.2. The number of quaternary nitrogens is 1. The zero-order valence-electron chi connectivity index (χ0n) is 15.3. The third-order valence-electron chi connectivity index (χ3n) is 5.08. The maximum Gasteiger partial charge on any atom is 0.267 e. The van der Waals surface area contributed by atoms with Crippen LogP contribution < -0.4 is 14.4 Å². The summed E-state index contributed by atoms with van der Waals surface area (Å²) in [5, 5.41) is 0. The summed E-state index contributed by atoms with van der Waals surface area (Å²) in [6.07, 6.45) is 3.84. The molecule has 4 rings (SSSR count). The van der Waals surface area contributed by atoms with Crippen molar-refractivity contribution in [1.82, 2.24) is 4.90 Å². The van der Waals surface area contributed by atoms with Crippen LogP contribution in [0.25, 0.3) is 6.08 Å². The molecule has 2 heterocycles. The van der Waals surface area contributed by atoms with Crippen LogP contribution in [0.3, 0.4) is 0 Å². The van der Waals surface area contributed by atoms with E-state index in [1.165, 1.54) is 10.5 Å². The fourth-order valence-electron chi connectivity index (χ4n) is 3.52. The maximum absolute atomic E-state index is 12.8. The first kappa shape index (κ1) is 17.6. The average Bonchev–Trinajstić information content (AvgIpc) is 2.74. The van der Waals surface area contributed by atoms with Gasteiger partial charge in [0.25, 0.3) is 5.91 Å². The SMILES string of the molecule is O=C([C@H]1COc2ccccc2O1)N1CC[NH+](C/C=C/c2ccccc2)CC1. The lowest BCUT2D eigenvalue weighted by Crippen LogP contribution is -3.14. The van der Waals surface area contributed by atoms with Gasteiger partial charge in [0.2, 0.25) is 6.10 Å². The van der Waals surface area contributed by atoms with Gasteiger partial charge in [0, 0.05) is 0 Å². The smallest absolute Gasteiger partial charge is 0.267 e. The second-order valence-electron chi connectivity index (χ2n) is 6.96. The largest absolute Gasteiger partial charge is 0.485 e. The van der Waals surface area contributed by atoms with E-state index >= 15 is 0 Å². The zero-order valence-corrected chi connectivity index (χ0v) is 15.3. The minimum Gasteiger partial charge on any atom is -0.485 e. The van der Waals surface area contributed by atoms with Crippen molar-refractivity contribution in [2.75, 3.05) is 39.3 Å². The molecule has 27 heavy (non-hydrogen) atoms. The number of hydrogen-bond acceptors (Lipinski definition) is 3.